The van der Waals surface area contributed by atoms with Gasteiger partial charge in [0, 0.05) is 0 Å². The number of carbonyl (C=O) groups is 3. The summed E-state index contributed by atoms with van der Waals surface area (Å²) >= 11 is 0. The predicted molar refractivity (Wildman–Crippen MR) is 113 cm³/mol. The van der Waals surface area contributed by atoms with E-state index >= 15 is 0 Å². The zero-order valence-electron chi connectivity index (χ0n) is 17.5. The van der Waals surface area contributed by atoms with Gasteiger partial charge in [0.15, 0.2) is 6.61 Å². The van der Waals surface area contributed by atoms with Crippen molar-refractivity contribution in [2.45, 2.75) is 26.3 Å². The van der Waals surface area contributed by atoms with Gasteiger partial charge < -0.3 is 20.1 Å². The number of amides is 2. The summed E-state index contributed by atoms with van der Waals surface area (Å²) in [6, 6.07) is 16.2. The molecule has 2 aromatic rings. The summed E-state index contributed by atoms with van der Waals surface area (Å²) < 4.78 is 10.1. The zero-order chi connectivity index (χ0) is 21.9. The summed E-state index contributed by atoms with van der Waals surface area (Å²) in [6.45, 7) is 3.39. The largest absolute Gasteiger partial charge is 0.496 e. The highest BCUT2D eigenvalue weighted by molar-refractivity contribution is 5.98. The average Bonchev–Trinajstić information content (AvgIpc) is 2.75. The normalized spacial score (nSPS) is 11.5. The molecule has 1 unspecified atom stereocenters. The number of carbonyl (C=O) groups excluding carboxylic acids is 3. The summed E-state index contributed by atoms with van der Waals surface area (Å²) in [5.41, 5.74) is 1.31. The van der Waals surface area contributed by atoms with Crippen molar-refractivity contribution in [2.75, 3.05) is 20.3 Å². The van der Waals surface area contributed by atoms with Gasteiger partial charge in [-0.3, -0.25) is 14.4 Å². The van der Waals surface area contributed by atoms with Gasteiger partial charge >= 0.3 is 5.97 Å². The molecule has 2 aromatic carbocycles. The Balaban J connectivity index is 1.82. The van der Waals surface area contributed by atoms with E-state index < -0.39 is 24.4 Å². The van der Waals surface area contributed by atoms with Crippen molar-refractivity contribution >= 4 is 17.8 Å². The number of esters is 1. The molecule has 30 heavy (non-hydrogen) atoms. The minimum absolute atomic E-state index is 0.164. The van der Waals surface area contributed by atoms with Crippen LogP contribution in [0.2, 0.25) is 0 Å². The van der Waals surface area contributed by atoms with Gasteiger partial charge in [-0.2, -0.15) is 0 Å². The maximum absolute atomic E-state index is 12.3. The number of hydrogen-bond acceptors (Lipinski definition) is 5. The molecule has 0 heterocycles. The van der Waals surface area contributed by atoms with Crippen LogP contribution in [0.5, 0.6) is 5.75 Å². The Labute approximate surface area is 176 Å². The molecule has 0 saturated heterocycles. The molecule has 2 amide bonds. The molecule has 0 aliphatic rings. The Kier molecular flexibility index (Phi) is 8.87. The van der Waals surface area contributed by atoms with E-state index in [1.165, 1.54) is 7.11 Å². The lowest BCUT2D eigenvalue weighted by atomic mass is 9.97. The molecule has 0 fully saturated rings. The third kappa shape index (κ3) is 7.24. The highest BCUT2D eigenvalue weighted by Gasteiger charge is 2.18. The third-order valence-electron chi connectivity index (χ3n) is 4.35. The van der Waals surface area contributed by atoms with Crippen molar-refractivity contribution in [2.24, 2.45) is 5.92 Å². The van der Waals surface area contributed by atoms with Crippen LogP contribution in [0.4, 0.5) is 0 Å². The van der Waals surface area contributed by atoms with E-state index in [-0.39, 0.29) is 12.6 Å². The third-order valence-corrected chi connectivity index (χ3v) is 4.35. The first-order valence-corrected chi connectivity index (χ1v) is 9.81. The Morgan fingerprint density at radius 3 is 2.30 bits per heavy atom. The molecule has 7 heteroatoms. The number of ether oxygens (including phenoxy) is 2. The van der Waals surface area contributed by atoms with Gasteiger partial charge in [-0.05, 0) is 30.0 Å². The highest BCUT2D eigenvalue weighted by Crippen LogP contribution is 2.21. The van der Waals surface area contributed by atoms with E-state index in [2.05, 4.69) is 24.5 Å². The molecule has 0 aromatic heterocycles. The summed E-state index contributed by atoms with van der Waals surface area (Å²) in [5, 5.41) is 5.37. The molecule has 0 aliphatic heterocycles. The van der Waals surface area contributed by atoms with Gasteiger partial charge in [0.2, 0.25) is 0 Å². The standard InChI is InChI=1S/C23H28N2O5/c1-16(2)13-19(17-9-5-4-6-10-17)25-21(26)15-30-22(27)14-24-23(28)18-11-7-8-12-20(18)29-3/h4-12,16,19H,13-15H2,1-3H3,(H,24,28)(H,25,26). The predicted octanol–water partition coefficient (Wildman–Crippen LogP) is 2.87. The van der Waals surface area contributed by atoms with Crippen molar-refractivity contribution in [3.8, 4) is 5.75 Å². The van der Waals surface area contributed by atoms with Crippen LogP contribution in [0, 0.1) is 5.92 Å². The van der Waals surface area contributed by atoms with Crippen LogP contribution in [0.1, 0.15) is 42.2 Å². The van der Waals surface area contributed by atoms with Crippen LogP contribution in [0.15, 0.2) is 54.6 Å². The van der Waals surface area contributed by atoms with Gasteiger partial charge in [0.05, 0.1) is 18.7 Å². The quantitative estimate of drug-likeness (QED) is 0.585. The van der Waals surface area contributed by atoms with E-state index in [1.54, 1.807) is 24.3 Å². The van der Waals surface area contributed by atoms with Crippen LogP contribution in [0.25, 0.3) is 0 Å². The maximum atomic E-state index is 12.3. The van der Waals surface area contributed by atoms with E-state index in [0.717, 1.165) is 12.0 Å². The van der Waals surface area contributed by atoms with Crippen LogP contribution in [0.3, 0.4) is 0 Å². The second-order valence-corrected chi connectivity index (χ2v) is 7.20. The summed E-state index contributed by atoms with van der Waals surface area (Å²) in [4.78, 5) is 36.4. The molecular weight excluding hydrogens is 384 g/mol. The summed E-state index contributed by atoms with van der Waals surface area (Å²) in [7, 11) is 1.46. The van der Waals surface area contributed by atoms with Gasteiger partial charge in [-0.25, -0.2) is 0 Å². The number of methoxy groups -OCH3 is 1. The van der Waals surface area contributed by atoms with Crippen LogP contribution in [-0.2, 0) is 14.3 Å². The fourth-order valence-electron chi connectivity index (χ4n) is 2.95. The molecule has 7 nitrogen and oxygen atoms in total. The Morgan fingerprint density at radius 2 is 1.63 bits per heavy atom. The highest BCUT2D eigenvalue weighted by atomic mass is 16.5. The molecule has 2 rings (SSSR count). The second-order valence-electron chi connectivity index (χ2n) is 7.20. The van der Waals surface area contributed by atoms with Crippen molar-refractivity contribution < 1.29 is 23.9 Å². The Bertz CT molecular complexity index is 852. The number of benzene rings is 2. The number of nitrogens with one attached hydrogen (secondary N) is 2. The molecule has 160 valence electrons. The molecule has 0 saturated carbocycles. The lowest BCUT2D eigenvalue weighted by molar-refractivity contribution is -0.147. The number of rotatable bonds is 10. The first-order valence-electron chi connectivity index (χ1n) is 9.81. The minimum atomic E-state index is -0.700. The first-order chi connectivity index (χ1) is 14.4. The van der Waals surface area contributed by atoms with Gasteiger partial charge in [0.25, 0.3) is 11.8 Å². The van der Waals surface area contributed by atoms with E-state index in [9.17, 15) is 14.4 Å². The molecule has 0 radical (unpaired) electrons. The maximum Gasteiger partial charge on any atom is 0.325 e. The molecule has 0 bridgehead atoms. The fourth-order valence-corrected chi connectivity index (χ4v) is 2.95. The average molecular weight is 412 g/mol. The van der Waals surface area contributed by atoms with Gasteiger partial charge in [-0.15, -0.1) is 0 Å². The van der Waals surface area contributed by atoms with Crippen molar-refractivity contribution in [3.63, 3.8) is 0 Å². The first kappa shape index (κ1) is 22.9. The summed E-state index contributed by atoms with van der Waals surface area (Å²) in [6.07, 6.45) is 0.763. The Morgan fingerprint density at radius 1 is 0.967 bits per heavy atom. The zero-order valence-corrected chi connectivity index (χ0v) is 17.5. The smallest absolute Gasteiger partial charge is 0.325 e. The molecule has 1 atom stereocenters. The lowest BCUT2D eigenvalue weighted by Gasteiger charge is -2.21. The molecule has 0 aliphatic carbocycles. The van der Waals surface area contributed by atoms with Crippen molar-refractivity contribution in [1.29, 1.82) is 0 Å². The van der Waals surface area contributed by atoms with Crippen LogP contribution >= 0.6 is 0 Å². The van der Waals surface area contributed by atoms with Gasteiger partial charge in [0.1, 0.15) is 12.3 Å². The molecular formula is C23H28N2O5. The van der Waals surface area contributed by atoms with Gasteiger partial charge in [-0.1, -0.05) is 56.3 Å². The number of hydrogen-bond donors (Lipinski definition) is 2. The summed E-state index contributed by atoms with van der Waals surface area (Å²) in [5.74, 6) is -0.777. The molecule has 0 spiro atoms. The fraction of sp³-hybridized carbons (Fsp3) is 0.348. The topological polar surface area (TPSA) is 93.7 Å². The van der Waals surface area contributed by atoms with Crippen molar-refractivity contribution in [3.05, 3.63) is 65.7 Å². The minimum Gasteiger partial charge on any atom is -0.496 e. The van der Waals surface area contributed by atoms with E-state index in [1.807, 2.05) is 30.3 Å². The number of para-hydroxylation sites is 1. The van der Waals surface area contributed by atoms with E-state index in [0.29, 0.717) is 17.2 Å². The second kappa shape index (κ2) is 11.6. The molecule has 2 N–H and O–H groups in total. The SMILES string of the molecule is COc1ccccc1C(=O)NCC(=O)OCC(=O)NC(CC(C)C)c1ccccc1. The van der Waals surface area contributed by atoms with E-state index in [4.69, 9.17) is 9.47 Å². The lowest BCUT2D eigenvalue weighted by Crippen LogP contribution is -2.35. The van der Waals surface area contributed by atoms with Crippen LogP contribution in [-0.4, -0.2) is 38.0 Å². The Hall–Kier alpha value is -3.35. The van der Waals surface area contributed by atoms with Crippen molar-refractivity contribution in [1.82, 2.24) is 10.6 Å². The van der Waals surface area contributed by atoms with Crippen LogP contribution < -0.4 is 15.4 Å². The monoisotopic (exact) mass is 412 g/mol.